The highest BCUT2D eigenvalue weighted by molar-refractivity contribution is 6.04. The molecule has 0 saturated heterocycles. The topological polar surface area (TPSA) is 24.6 Å². The van der Waals surface area contributed by atoms with Gasteiger partial charge >= 0.3 is 5.90 Å². The van der Waals surface area contributed by atoms with Crippen LogP contribution < -0.4 is 0 Å². The van der Waals surface area contributed by atoms with Crippen LogP contribution in [0.2, 0.25) is 0 Å². The molecule has 17 heavy (non-hydrogen) atoms. The van der Waals surface area contributed by atoms with Crippen molar-refractivity contribution in [3.63, 3.8) is 0 Å². The van der Waals surface area contributed by atoms with Crippen molar-refractivity contribution >= 4 is 17.3 Å². The molecule has 0 saturated carbocycles. The summed E-state index contributed by atoms with van der Waals surface area (Å²) in [6.45, 7) is 6.52. The Balaban J connectivity index is 2.39. The molecule has 0 unspecified atom stereocenters. The van der Waals surface area contributed by atoms with E-state index in [1.807, 2.05) is 35.0 Å². The van der Waals surface area contributed by atoms with Crippen molar-refractivity contribution in [3.05, 3.63) is 30.3 Å². The third-order valence-electron chi connectivity index (χ3n) is 2.88. The maximum Gasteiger partial charge on any atom is 0.379 e. The first-order valence-corrected chi connectivity index (χ1v) is 5.85. The van der Waals surface area contributed by atoms with E-state index in [1.54, 1.807) is 7.11 Å². The predicted molar refractivity (Wildman–Crippen MR) is 69.9 cm³/mol. The van der Waals surface area contributed by atoms with Gasteiger partial charge in [0.05, 0.1) is 7.11 Å². The number of para-hydroxylation sites is 1. The fourth-order valence-electron chi connectivity index (χ4n) is 1.77. The summed E-state index contributed by atoms with van der Waals surface area (Å²) in [5.74, 6) is 0.890. The van der Waals surface area contributed by atoms with Gasteiger partial charge < -0.3 is 4.74 Å². The third-order valence-corrected chi connectivity index (χ3v) is 2.88. The molecule has 1 aromatic rings. The van der Waals surface area contributed by atoms with E-state index in [9.17, 15) is 0 Å². The number of methoxy groups -OCH3 is 1. The van der Waals surface area contributed by atoms with Gasteiger partial charge in [0.1, 0.15) is 12.1 Å². The lowest BCUT2D eigenvalue weighted by atomic mass is 9.88. The second-order valence-electron chi connectivity index (χ2n) is 5.22. The quantitative estimate of drug-likeness (QED) is 0.681. The van der Waals surface area contributed by atoms with Gasteiger partial charge in [-0.2, -0.15) is 0 Å². The summed E-state index contributed by atoms with van der Waals surface area (Å²) in [6, 6.07) is 10.1. The number of rotatable bonds is 1. The number of hydrogen-bond acceptors (Lipinski definition) is 2. The van der Waals surface area contributed by atoms with E-state index >= 15 is 0 Å². The minimum Gasteiger partial charge on any atom is -0.449 e. The number of ether oxygens (including phenoxy) is 1. The van der Waals surface area contributed by atoms with Gasteiger partial charge in [0.25, 0.3) is 0 Å². The van der Waals surface area contributed by atoms with Crippen LogP contribution in [0.25, 0.3) is 0 Å². The van der Waals surface area contributed by atoms with E-state index in [0.29, 0.717) is 0 Å². The van der Waals surface area contributed by atoms with Crippen LogP contribution in [0.5, 0.6) is 0 Å². The summed E-state index contributed by atoms with van der Waals surface area (Å²) < 4.78 is 7.32. The van der Waals surface area contributed by atoms with E-state index in [-0.39, 0.29) is 5.41 Å². The van der Waals surface area contributed by atoms with E-state index < -0.39 is 0 Å². The van der Waals surface area contributed by atoms with Gasteiger partial charge in [0.2, 0.25) is 5.69 Å². The molecule has 1 aromatic carbocycles. The van der Waals surface area contributed by atoms with Crippen molar-refractivity contribution in [2.75, 3.05) is 7.11 Å². The van der Waals surface area contributed by atoms with Gasteiger partial charge in [-0.15, -0.1) is 0 Å². The van der Waals surface area contributed by atoms with Crippen LogP contribution in [-0.2, 0) is 4.74 Å². The molecule has 90 valence electrons. The Kier molecular flexibility index (Phi) is 3.01. The SMILES string of the molecule is COC1=[N+](c2ccccc2)N=C(C(C)(C)C)C1. The van der Waals surface area contributed by atoms with Crippen LogP contribution in [0.4, 0.5) is 5.69 Å². The molecule has 0 N–H and O–H groups in total. The zero-order valence-corrected chi connectivity index (χ0v) is 10.9. The molecule has 3 nitrogen and oxygen atoms in total. The summed E-state index contributed by atoms with van der Waals surface area (Å²) in [7, 11) is 1.70. The average molecular weight is 231 g/mol. The van der Waals surface area contributed by atoms with Crippen LogP contribution in [-0.4, -0.2) is 23.4 Å². The Bertz CT molecular complexity index is 467. The molecule has 0 fully saturated rings. The van der Waals surface area contributed by atoms with Crippen molar-refractivity contribution in [2.24, 2.45) is 10.5 Å². The highest BCUT2D eigenvalue weighted by atomic mass is 16.5. The Labute approximate surface area is 102 Å². The highest BCUT2D eigenvalue weighted by Gasteiger charge is 2.35. The minimum absolute atomic E-state index is 0.0767. The summed E-state index contributed by atoms with van der Waals surface area (Å²) in [6.07, 6.45) is 0.787. The monoisotopic (exact) mass is 231 g/mol. The Morgan fingerprint density at radius 2 is 1.82 bits per heavy atom. The van der Waals surface area contributed by atoms with E-state index in [2.05, 4.69) is 25.9 Å². The molecule has 1 aliphatic heterocycles. The zero-order valence-electron chi connectivity index (χ0n) is 10.9. The Morgan fingerprint density at radius 3 is 2.35 bits per heavy atom. The fourth-order valence-corrected chi connectivity index (χ4v) is 1.77. The van der Waals surface area contributed by atoms with Crippen molar-refractivity contribution < 1.29 is 9.42 Å². The standard InChI is InChI=1S/C14H19N2O/c1-14(2,3)12-10-13(17-4)16(15-12)11-8-6-5-7-9-11/h5-9H,10H2,1-4H3/q+1. The summed E-state index contributed by atoms with van der Waals surface area (Å²) in [5, 5.41) is 4.67. The molecule has 1 aliphatic rings. The van der Waals surface area contributed by atoms with Crippen LogP contribution in [0.15, 0.2) is 35.4 Å². The van der Waals surface area contributed by atoms with Gasteiger partial charge in [-0.25, -0.2) is 0 Å². The molecule has 0 spiro atoms. The third kappa shape index (κ3) is 2.38. The van der Waals surface area contributed by atoms with Gasteiger partial charge in [0.15, 0.2) is 0 Å². The minimum atomic E-state index is 0.0767. The number of benzene rings is 1. The Hall–Kier alpha value is -1.64. The van der Waals surface area contributed by atoms with Crippen LogP contribution >= 0.6 is 0 Å². The zero-order chi connectivity index (χ0) is 12.5. The number of hydrazone groups is 1. The molecule has 0 radical (unpaired) electrons. The van der Waals surface area contributed by atoms with Crippen LogP contribution in [0.3, 0.4) is 0 Å². The molecule has 2 rings (SSSR count). The van der Waals surface area contributed by atoms with Crippen LogP contribution in [0, 0.1) is 5.41 Å². The second-order valence-corrected chi connectivity index (χ2v) is 5.22. The lowest BCUT2D eigenvalue weighted by molar-refractivity contribution is -0.452. The van der Waals surface area contributed by atoms with Gasteiger partial charge in [-0.3, -0.25) is 0 Å². The van der Waals surface area contributed by atoms with Crippen molar-refractivity contribution in [2.45, 2.75) is 27.2 Å². The lowest BCUT2D eigenvalue weighted by Gasteiger charge is -2.14. The maximum absolute atomic E-state index is 5.43. The summed E-state index contributed by atoms with van der Waals surface area (Å²) in [5.41, 5.74) is 2.27. The maximum atomic E-state index is 5.43. The molecule has 0 aliphatic carbocycles. The first-order chi connectivity index (χ1) is 8.02. The summed E-state index contributed by atoms with van der Waals surface area (Å²) >= 11 is 0. The van der Waals surface area contributed by atoms with E-state index in [4.69, 9.17) is 4.74 Å². The summed E-state index contributed by atoms with van der Waals surface area (Å²) in [4.78, 5) is 0. The molecular formula is C14H19N2O+. The average Bonchev–Trinajstić information content (AvgIpc) is 2.73. The second kappa shape index (κ2) is 4.32. The van der Waals surface area contributed by atoms with E-state index in [1.165, 1.54) is 0 Å². The molecule has 1 heterocycles. The molecule has 0 bridgehead atoms. The molecule has 0 amide bonds. The first kappa shape index (κ1) is 11.8. The van der Waals surface area contributed by atoms with Gasteiger partial charge in [0, 0.05) is 22.6 Å². The lowest BCUT2D eigenvalue weighted by Crippen LogP contribution is -2.20. The predicted octanol–water partition coefficient (Wildman–Crippen LogP) is 3.18. The first-order valence-electron chi connectivity index (χ1n) is 5.85. The number of hydrogen-bond donors (Lipinski definition) is 0. The fraction of sp³-hybridized carbons (Fsp3) is 0.429. The molecular weight excluding hydrogens is 212 g/mol. The largest absolute Gasteiger partial charge is 0.449 e. The van der Waals surface area contributed by atoms with Crippen molar-refractivity contribution in [1.29, 1.82) is 0 Å². The normalized spacial score (nSPS) is 16.1. The Morgan fingerprint density at radius 1 is 1.18 bits per heavy atom. The number of nitrogens with zero attached hydrogens (tertiary/aromatic N) is 2. The molecule has 3 heteroatoms. The van der Waals surface area contributed by atoms with E-state index in [0.717, 1.165) is 23.7 Å². The smallest absolute Gasteiger partial charge is 0.379 e. The van der Waals surface area contributed by atoms with Gasteiger partial charge in [-0.1, -0.05) is 39.0 Å². The molecule has 0 atom stereocenters. The molecule has 0 aromatic heterocycles. The highest BCUT2D eigenvalue weighted by Crippen LogP contribution is 2.26. The van der Waals surface area contributed by atoms with Crippen molar-refractivity contribution in [1.82, 2.24) is 0 Å². The van der Waals surface area contributed by atoms with Crippen LogP contribution in [0.1, 0.15) is 27.2 Å². The van der Waals surface area contributed by atoms with Gasteiger partial charge in [-0.05, 0) is 4.68 Å². The van der Waals surface area contributed by atoms with Crippen molar-refractivity contribution in [3.8, 4) is 0 Å².